The zero-order valence-electron chi connectivity index (χ0n) is 8.93. The van der Waals surface area contributed by atoms with Gasteiger partial charge in [0.1, 0.15) is 5.82 Å². The summed E-state index contributed by atoms with van der Waals surface area (Å²) < 4.78 is 36.9. The Balaban J connectivity index is 2.75. The Morgan fingerprint density at radius 2 is 2.12 bits per heavy atom. The van der Waals surface area contributed by atoms with Crippen LogP contribution in [-0.2, 0) is 16.6 Å². The van der Waals surface area contributed by atoms with Crippen LogP contribution in [0.3, 0.4) is 0 Å². The van der Waals surface area contributed by atoms with Gasteiger partial charge in [-0.05, 0) is 17.7 Å². The average Bonchev–Trinajstić information content (AvgIpc) is 2.17. The Labute approximate surface area is 94.4 Å². The molecule has 0 aliphatic heterocycles. The van der Waals surface area contributed by atoms with Crippen LogP contribution >= 0.6 is 0 Å². The number of halogens is 1. The minimum absolute atomic E-state index is 0.0973. The molecule has 0 heterocycles. The maximum atomic E-state index is 12.9. The third kappa shape index (κ3) is 3.55. The van der Waals surface area contributed by atoms with E-state index in [0.717, 1.165) is 4.31 Å². The zero-order chi connectivity index (χ0) is 12.2. The maximum absolute atomic E-state index is 12.9. The van der Waals surface area contributed by atoms with Crippen molar-refractivity contribution in [3.63, 3.8) is 0 Å². The SMILES string of the molecule is CN(Cc1cccc(F)c1)S(=O)(=O)CCO. The monoisotopic (exact) mass is 247 g/mol. The molecule has 0 aliphatic rings. The first-order valence-corrected chi connectivity index (χ1v) is 6.36. The summed E-state index contributed by atoms with van der Waals surface area (Å²) in [4.78, 5) is 0. The molecule has 0 aliphatic carbocycles. The van der Waals surface area contributed by atoms with Crippen LogP contribution in [0.15, 0.2) is 24.3 Å². The second-order valence-corrected chi connectivity index (χ2v) is 5.62. The Hall–Kier alpha value is -0.980. The first-order valence-electron chi connectivity index (χ1n) is 4.75. The fourth-order valence-corrected chi connectivity index (χ4v) is 2.15. The highest BCUT2D eigenvalue weighted by molar-refractivity contribution is 7.89. The highest BCUT2D eigenvalue weighted by atomic mass is 32.2. The first-order chi connectivity index (χ1) is 7.45. The lowest BCUT2D eigenvalue weighted by atomic mass is 10.2. The largest absolute Gasteiger partial charge is 0.395 e. The van der Waals surface area contributed by atoms with Crippen LogP contribution in [0.5, 0.6) is 0 Å². The Morgan fingerprint density at radius 1 is 1.44 bits per heavy atom. The van der Waals surface area contributed by atoms with Crippen LogP contribution in [0.1, 0.15) is 5.56 Å². The zero-order valence-corrected chi connectivity index (χ0v) is 9.74. The van der Waals surface area contributed by atoms with Crippen LogP contribution in [0.2, 0.25) is 0 Å². The van der Waals surface area contributed by atoms with Crippen LogP contribution in [0.4, 0.5) is 4.39 Å². The Morgan fingerprint density at radius 3 is 2.69 bits per heavy atom. The van der Waals surface area contributed by atoms with Crippen molar-refractivity contribution in [2.45, 2.75) is 6.54 Å². The smallest absolute Gasteiger partial charge is 0.216 e. The number of aliphatic hydroxyl groups is 1. The molecule has 0 saturated heterocycles. The summed E-state index contributed by atoms with van der Waals surface area (Å²) in [6.45, 7) is -0.323. The summed E-state index contributed by atoms with van der Waals surface area (Å²) >= 11 is 0. The van der Waals surface area contributed by atoms with Gasteiger partial charge in [-0.15, -0.1) is 0 Å². The van der Waals surface area contributed by atoms with E-state index in [4.69, 9.17) is 5.11 Å². The van der Waals surface area contributed by atoms with Gasteiger partial charge in [0.05, 0.1) is 12.4 Å². The third-order valence-electron chi connectivity index (χ3n) is 2.12. The molecule has 4 nitrogen and oxygen atoms in total. The molecule has 0 amide bonds. The van der Waals surface area contributed by atoms with Gasteiger partial charge in [0, 0.05) is 13.6 Å². The molecule has 0 aromatic heterocycles. The lowest BCUT2D eigenvalue weighted by Crippen LogP contribution is -2.30. The van der Waals surface area contributed by atoms with Crippen molar-refractivity contribution >= 4 is 10.0 Å². The molecule has 0 fully saturated rings. The van der Waals surface area contributed by atoms with Crippen LogP contribution in [-0.4, -0.2) is 37.2 Å². The maximum Gasteiger partial charge on any atom is 0.216 e. The van der Waals surface area contributed by atoms with Crippen LogP contribution < -0.4 is 0 Å². The van der Waals surface area contributed by atoms with Gasteiger partial charge in [-0.3, -0.25) is 0 Å². The van der Waals surface area contributed by atoms with E-state index in [-0.39, 0.29) is 12.3 Å². The second-order valence-electron chi connectivity index (χ2n) is 3.43. The fraction of sp³-hybridized carbons (Fsp3) is 0.400. The molecule has 1 aromatic carbocycles. The fourth-order valence-electron chi connectivity index (χ4n) is 1.26. The molecule has 16 heavy (non-hydrogen) atoms. The molecule has 0 unspecified atom stereocenters. The standard InChI is InChI=1S/C10H14FNO3S/c1-12(16(14,15)6-5-13)8-9-3-2-4-10(11)7-9/h2-4,7,13H,5-6,8H2,1H3. The molecule has 6 heteroatoms. The van der Waals surface area contributed by atoms with E-state index in [0.29, 0.717) is 5.56 Å². The molecule has 0 radical (unpaired) electrons. The van der Waals surface area contributed by atoms with Gasteiger partial charge in [0.15, 0.2) is 0 Å². The van der Waals surface area contributed by atoms with Crippen LogP contribution in [0.25, 0.3) is 0 Å². The lowest BCUT2D eigenvalue weighted by molar-refractivity contribution is 0.316. The number of aliphatic hydroxyl groups excluding tert-OH is 1. The van der Waals surface area contributed by atoms with E-state index in [1.165, 1.54) is 25.2 Å². The number of sulfonamides is 1. The summed E-state index contributed by atoms with van der Waals surface area (Å²) in [6.07, 6.45) is 0. The van der Waals surface area contributed by atoms with Crippen molar-refractivity contribution in [2.75, 3.05) is 19.4 Å². The number of benzene rings is 1. The summed E-state index contributed by atoms with van der Waals surface area (Å²) in [7, 11) is -2.06. The van der Waals surface area contributed by atoms with Crippen molar-refractivity contribution in [1.29, 1.82) is 0 Å². The van der Waals surface area contributed by atoms with E-state index in [9.17, 15) is 12.8 Å². The molecular formula is C10H14FNO3S. The number of nitrogens with zero attached hydrogens (tertiary/aromatic N) is 1. The molecule has 1 aromatic rings. The quantitative estimate of drug-likeness (QED) is 0.828. The summed E-state index contributed by atoms with van der Waals surface area (Å²) in [5, 5.41) is 8.60. The van der Waals surface area contributed by atoms with E-state index < -0.39 is 22.4 Å². The molecule has 0 spiro atoms. The Bertz CT molecular complexity index is 447. The molecule has 0 atom stereocenters. The molecule has 90 valence electrons. The van der Waals surface area contributed by atoms with Gasteiger partial charge in [-0.2, -0.15) is 0 Å². The second kappa shape index (κ2) is 5.38. The summed E-state index contributed by atoms with van der Waals surface area (Å²) in [5.74, 6) is -0.718. The number of rotatable bonds is 5. The van der Waals surface area contributed by atoms with E-state index in [2.05, 4.69) is 0 Å². The molecule has 1 rings (SSSR count). The van der Waals surface area contributed by atoms with Crippen molar-refractivity contribution in [3.8, 4) is 0 Å². The van der Waals surface area contributed by atoms with Gasteiger partial charge in [0.25, 0.3) is 0 Å². The predicted molar refractivity (Wildman–Crippen MR) is 58.7 cm³/mol. The van der Waals surface area contributed by atoms with E-state index >= 15 is 0 Å². The third-order valence-corrected chi connectivity index (χ3v) is 3.90. The molecular weight excluding hydrogens is 233 g/mol. The van der Waals surface area contributed by atoms with Gasteiger partial charge in [-0.25, -0.2) is 17.1 Å². The predicted octanol–water partition coefficient (Wildman–Crippen LogP) is 0.580. The lowest BCUT2D eigenvalue weighted by Gasteiger charge is -2.16. The Kier molecular flexibility index (Phi) is 4.40. The minimum Gasteiger partial charge on any atom is -0.395 e. The van der Waals surface area contributed by atoms with Gasteiger partial charge >= 0.3 is 0 Å². The molecule has 0 bridgehead atoms. The van der Waals surface area contributed by atoms with Crippen molar-refractivity contribution in [2.24, 2.45) is 0 Å². The van der Waals surface area contributed by atoms with Crippen molar-refractivity contribution in [1.82, 2.24) is 4.31 Å². The van der Waals surface area contributed by atoms with Gasteiger partial charge in [-0.1, -0.05) is 12.1 Å². The van der Waals surface area contributed by atoms with E-state index in [1.54, 1.807) is 6.07 Å². The number of hydrogen-bond acceptors (Lipinski definition) is 3. The molecule has 0 saturated carbocycles. The summed E-state index contributed by atoms with van der Waals surface area (Å²) in [5.41, 5.74) is 0.573. The first kappa shape index (κ1) is 13.1. The average molecular weight is 247 g/mol. The van der Waals surface area contributed by atoms with Crippen molar-refractivity contribution in [3.05, 3.63) is 35.6 Å². The topological polar surface area (TPSA) is 57.6 Å². The van der Waals surface area contributed by atoms with Crippen molar-refractivity contribution < 1.29 is 17.9 Å². The normalized spacial score (nSPS) is 12.0. The van der Waals surface area contributed by atoms with E-state index in [1.807, 2.05) is 0 Å². The highest BCUT2D eigenvalue weighted by Gasteiger charge is 2.17. The molecule has 1 N–H and O–H groups in total. The van der Waals surface area contributed by atoms with Gasteiger partial charge < -0.3 is 5.11 Å². The summed E-state index contributed by atoms with van der Waals surface area (Å²) in [6, 6.07) is 5.75. The van der Waals surface area contributed by atoms with Crippen LogP contribution in [0, 0.1) is 5.82 Å². The number of hydrogen-bond donors (Lipinski definition) is 1. The minimum atomic E-state index is -3.46. The highest BCUT2D eigenvalue weighted by Crippen LogP contribution is 2.09. The van der Waals surface area contributed by atoms with Gasteiger partial charge in [0.2, 0.25) is 10.0 Å².